The SMILES string of the molecule is CCCC[NH+](CCCC)CCOC(=O)C(OC)(c1ccccc1)c1ccccc1.[Cl-]. The van der Waals surface area contributed by atoms with Crippen LogP contribution in [0.3, 0.4) is 0 Å². The van der Waals surface area contributed by atoms with Crippen molar-refractivity contribution in [3.05, 3.63) is 71.8 Å². The first-order valence-electron chi connectivity index (χ1n) is 10.9. The molecule has 0 saturated carbocycles. The second-order valence-electron chi connectivity index (χ2n) is 7.46. The van der Waals surface area contributed by atoms with Crippen LogP contribution in [0.15, 0.2) is 60.7 Å². The molecule has 1 N–H and O–H groups in total. The largest absolute Gasteiger partial charge is 1.00 e. The normalized spacial score (nSPS) is 11.2. The van der Waals surface area contributed by atoms with Crippen molar-refractivity contribution in [1.82, 2.24) is 0 Å². The maximum absolute atomic E-state index is 13.4. The summed E-state index contributed by atoms with van der Waals surface area (Å²) >= 11 is 0. The van der Waals surface area contributed by atoms with Crippen LogP contribution in [0.4, 0.5) is 0 Å². The van der Waals surface area contributed by atoms with Gasteiger partial charge in [-0.3, -0.25) is 0 Å². The summed E-state index contributed by atoms with van der Waals surface area (Å²) in [5, 5.41) is 0. The quantitative estimate of drug-likeness (QED) is 0.470. The summed E-state index contributed by atoms with van der Waals surface area (Å²) in [6.45, 7) is 7.90. The van der Waals surface area contributed by atoms with Crippen LogP contribution in [0.2, 0.25) is 0 Å². The average Bonchev–Trinajstić information content (AvgIpc) is 2.77. The molecule has 0 unspecified atom stereocenters. The number of rotatable bonds is 13. The van der Waals surface area contributed by atoms with Gasteiger partial charge in [-0.1, -0.05) is 87.4 Å². The highest BCUT2D eigenvalue weighted by Gasteiger charge is 2.44. The lowest BCUT2D eigenvalue weighted by Crippen LogP contribution is -3.12. The molecule has 0 saturated heterocycles. The minimum absolute atomic E-state index is 0. The van der Waals surface area contributed by atoms with Crippen molar-refractivity contribution in [2.45, 2.75) is 45.1 Å². The van der Waals surface area contributed by atoms with Gasteiger partial charge in [0, 0.05) is 7.11 Å². The number of unbranched alkanes of at least 4 members (excludes halogenated alkanes) is 2. The molecule has 0 amide bonds. The van der Waals surface area contributed by atoms with E-state index in [1.54, 1.807) is 7.11 Å². The fraction of sp³-hybridized carbons (Fsp3) is 0.480. The Morgan fingerprint density at radius 1 is 0.833 bits per heavy atom. The number of nitrogens with one attached hydrogen (secondary N) is 1. The highest BCUT2D eigenvalue weighted by molar-refractivity contribution is 5.85. The van der Waals surface area contributed by atoms with Gasteiger partial charge in [0.15, 0.2) is 0 Å². The number of benzene rings is 2. The molecule has 4 nitrogen and oxygen atoms in total. The van der Waals surface area contributed by atoms with Gasteiger partial charge in [-0.25, -0.2) is 4.79 Å². The van der Waals surface area contributed by atoms with Crippen molar-refractivity contribution in [3.63, 3.8) is 0 Å². The summed E-state index contributed by atoms with van der Waals surface area (Å²) in [6.07, 6.45) is 4.76. The molecular weight excluding hydrogens is 398 g/mol. The van der Waals surface area contributed by atoms with E-state index in [9.17, 15) is 4.79 Å². The van der Waals surface area contributed by atoms with E-state index in [-0.39, 0.29) is 18.4 Å². The zero-order chi connectivity index (χ0) is 21.0. The van der Waals surface area contributed by atoms with Gasteiger partial charge in [0.25, 0.3) is 0 Å². The highest BCUT2D eigenvalue weighted by atomic mass is 35.5. The van der Waals surface area contributed by atoms with Gasteiger partial charge in [-0.05, 0) is 24.0 Å². The van der Waals surface area contributed by atoms with Gasteiger partial charge < -0.3 is 26.8 Å². The minimum atomic E-state index is -1.25. The van der Waals surface area contributed by atoms with Gasteiger partial charge in [0.1, 0.15) is 13.2 Å². The van der Waals surface area contributed by atoms with Gasteiger partial charge in [0.05, 0.1) is 13.1 Å². The van der Waals surface area contributed by atoms with E-state index < -0.39 is 5.60 Å². The number of hydrogen-bond acceptors (Lipinski definition) is 3. The summed E-state index contributed by atoms with van der Waals surface area (Å²) in [4.78, 5) is 14.9. The first-order valence-corrected chi connectivity index (χ1v) is 10.9. The van der Waals surface area contributed by atoms with Crippen molar-refractivity contribution in [3.8, 4) is 0 Å². The molecule has 2 aromatic rings. The Labute approximate surface area is 188 Å². The summed E-state index contributed by atoms with van der Waals surface area (Å²) in [7, 11) is 1.57. The summed E-state index contributed by atoms with van der Waals surface area (Å²) in [6, 6.07) is 19.2. The van der Waals surface area contributed by atoms with E-state index in [0.717, 1.165) is 30.8 Å². The van der Waals surface area contributed by atoms with Gasteiger partial charge in [0.2, 0.25) is 5.60 Å². The molecule has 0 atom stereocenters. The first-order chi connectivity index (χ1) is 14.2. The molecule has 166 valence electrons. The first kappa shape index (κ1) is 26.2. The van der Waals surface area contributed by atoms with E-state index >= 15 is 0 Å². The number of esters is 1. The molecule has 2 aromatic carbocycles. The number of carbonyl (C=O) groups is 1. The molecule has 0 radical (unpaired) electrons. The Bertz CT molecular complexity index is 661. The van der Waals surface area contributed by atoms with E-state index in [2.05, 4.69) is 13.8 Å². The lowest BCUT2D eigenvalue weighted by molar-refractivity contribution is -0.900. The molecule has 30 heavy (non-hydrogen) atoms. The Balaban J connectivity index is 0.00000450. The maximum atomic E-state index is 13.4. The van der Waals surface area contributed by atoms with Crippen molar-refractivity contribution in [2.24, 2.45) is 0 Å². The molecule has 0 aromatic heterocycles. The standard InChI is InChI=1S/C25H35NO3.ClH/c1-4-6-18-26(19-7-5-2)20-21-29-24(27)25(28-3,22-14-10-8-11-15-22)23-16-12-9-13-17-23;/h8-17H,4-7,18-21H2,1-3H3;1H. The molecule has 5 heteroatoms. The third kappa shape index (κ3) is 6.83. The van der Waals surface area contributed by atoms with Crippen LogP contribution in [0.1, 0.15) is 50.7 Å². The number of ether oxygens (including phenoxy) is 2. The summed E-state index contributed by atoms with van der Waals surface area (Å²) in [5.41, 5.74) is 0.301. The third-order valence-corrected chi connectivity index (χ3v) is 5.41. The zero-order valence-electron chi connectivity index (χ0n) is 18.5. The van der Waals surface area contributed by atoms with E-state index in [4.69, 9.17) is 9.47 Å². The van der Waals surface area contributed by atoms with Crippen molar-refractivity contribution in [2.75, 3.05) is 33.4 Å². The second-order valence-corrected chi connectivity index (χ2v) is 7.46. The number of halogens is 1. The van der Waals surface area contributed by atoms with E-state index in [1.165, 1.54) is 30.6 Å². The van der Waals surface area contributed by atoms with Crippen LogP contribution in [0.5, 0.6) is 0 Å². The Hall–Kier alpha value is -1.88. The lowest BCUT2D eigenvalue weighted by Gasteiger charge is -2.31. The predicted molar refractivity (Wildman–Crippen MR) is 117 cm³/mol. The average molecular weight is 434 g/mol. The number of quaternary nitrogens is 1. The van der Waals surface area contributed by atoms with Crippen LogP contribution < -0.4 is 17.3 Å². The molecular formula is C25H36ClNO3. The molecule has 2 rings (SSSR count). The smallest absolute Gasteiger partial charge is 0.348 e. The third-order valence-electron chi connectivity index (χ3n) is 5.41. The molecule has 0 aliphatic rings. The lowest BCUT2D eigenvalue weighted by atomic mass is 9.86. The number of hydrogen-bond donors (Lipinski definition) is 1. The molecule has 0 spiro atoms. The fourth-order valence-electron chi connectivity index (χ4n) is 3.69. The van der Waals surface area contributed by atoms with Crippen molar-refractivity contribution in [1.29, 1.82) is 0 Å². The van der Waals surface area contributed by atoms with E-state index in [1.807, 2.05) is 60.7 Å². The monoisotopic (exact) mass is 433 g/mol. The van der Waals surface area contributed by atoms with Crippen LogP contribution in [0.25, 0.3) is 0 Å². The Morgan fingerprint density at radius 2 is 1.30 bits per heavy atom. The highest BCUT2D eigenvalue weighted by Crippen LogP contribution is 2.34. The Kier molecular flexibility index (Phi) is 12.4. The molecule has 0 aliphatic carbocycles. The second kappa shape index (κ2) is 14.2. The predicted octanol–water partition coefficient (Wildman–Crippen LogP) is 0.609. The van der Waals surface area contributed by atoms with Gasteiger partial charge >= 0.3 is 5.97 Å². The summed E-state index contributed by atoms with van der Waals surface area (Å²) in [5.74, 6) is -0.359. The fourth-order valence-corrected chi connectivity index (χ4v) is 3.69. The molecule has 0 aliphatic heterocycles. The zero-order valence-corrected chi connectivity index (χ0v) is 19.3. The molecule has 0 fully saturated rings. The minimum Gasteiger partial charge on any atom is -1.00 e. The van der Waals surface area contributed by atoms with Crippen LogP contribution in [-0.4, -0.2) is 39.3 Å². The van der Waals surface area contributed by atoms with Crippen LogP contribution in [0, 0.1) is 0 Å². The molecule has 0 heterocycles. The number of methoxy groups -OCH3 is 1. The van der Waals surface area contributed by atoms with Crippen LogP contribution in [-0.2, 0) is 19.9 Å². The van der Waals surface area contributed by atoms with Gasteiger partial charge in [-0.2, -0.15) is 0 Å². The number of carbonyl (C=O) groups excluding carboxylic acids is 1. The van der Waals surface area contributed by atoms with Gasteiger partial charge in [-0.15, -0.1) is 0 Å². The molecule has 0 bridgehead atoms. The van der Waals surface area contributed by atoms with Crippen molar-refractivity contribution < 1.29 is 31.6 Å². The Morgan fingerprint density at radius 3 is 1.70 bits per heavy atom. The summed E-state index contributed by atoms with van der Waals surface area (Å²) < 4.78 is 11.7. The van der Waals surface area contributed by atoms with Crippen molar-refractivity contribution >= 4 is 5.97 Å². The maximum Gasteiger partial charge on any atom is 0.348 e. The topological polar surface area (TPSA) is 40.0 Å². The van der Waals surface area contributed by atoms with E-state index in [0.29, 0.717) is 6.61 Å². The van der Waals surface area contributed by atoms with Crippen LogP contribution >= 0.6 is 0 Å².